The molecule has 2 aromatic carbocycles. The van der Waals surface area contributed by atoms with Crippen LogP contribution in [0.2, 0.25) is 0 Å². The maximum Gasteiger partial charge on any atom is 0.269 e. The van der Waals surface area contributed by atoms with Gasteiger partial charge in [0.05, 0.1) is 16.8 Å². The molecule has 2 heterocycles. The predicted molar refractivity (Wildman–Crippen MR) is 102 cm³/mol. The molecule has 1 N–H and O–H groups in total. The number of hydrogen-bond donors (Lipinski definition) is 1. The third kappa shape index (κ3) is 3.49. The quantitative estimate of drug-likeness (QED) is 0.239. The molecular formula is C18H12FN5O3S. The lowest BCUT2D eigenvalue weighted by molar-refractivity contribution is -0.384. The highest BCUT2D eigenvalue weighted by Crippen LogP contribution is 2.22. The third-order valence-corrected chi connectivity index (χ3v) is 4.95. The maximum atomic E-state index is 13.0. The number of rotatable bonds is 5. The molecule has 0 radical (unpaired) electrons. The second-order valence-corrected chi connectivity index (χ2v) is 6.82. The molecule has 2 aromatic heterocycles. The van der Waals surface area contributed by atoms with Gasteiger partial charge in [-0.05, 0) is 29.8 Å². The summed E-state index contributed by atoms with van der Waals surface area (Å²) in [6.45, 7) is 0. The number of thioether (sulfide) groups is 1. The lowest BCUT2D eigenvalue weighted by Gasteiger charge is -2.05. The van der Waals surface area contributed by atoms with E-state index in [9.17, 15) is 19.3 Å². The topological polar surface area (TPSA) is 107 Å². The first kappa shape index (κ1) is 17.9. The zero-order valence-electron chi connectivity index (χ0n) is 14.2. The van der Waals surface area contributed by atoms with Gasteiger partial charge < -0.3 is 4.98 Å². The van der Waals surface area contributed by atoms with Crippen LogP contribution in [0, 0.1) is 15.9 Å². The molecule has 28 heavy (non-hydrogen) atoms. The molecule has 140 valence electrons. The van der Waals surface area contributed by atoms with Crippen molar-refractivity contribution in [1.29, 1.82) is 0 Å². The minimum atomic E-state index is -0.488. The van der Waals surface area contributed by atoms with Gasteiger partial charge in [0, 0.05) is 17.9 Å². The molecule has 0 aliphatic heterocycles. The fourth-order valence-electron chi connectivity index (χ4n) is 2.60. The minimum absolute atomic E-state index is 0.0402. The highest BCUT2D eigenvalue weighted by Gasteiger charge is 2.13. The highest BCUT2D eigenvalue weighted by atomic mass is 32.2. The summed E-state index contributed by atoms with van der Waals surface area (Å²) >= 11 is 1.30. The minimum Gasteiger partial charge on any atom is -0.301 e. The Labute approximate surface area is 161 Å². The lowest BCUT2D eigenvalue weighted by Crippen LogP contribution is -2.09. The molecule has 0 saturated carbocycles. The van der Waals surface area contributed by atoms with Gasteiger partial charge in [0.15, 0.2) is 10.8 Å². The number of hydrogen-bond acceptors (Lipinski definition) is 6. The van der Waals surface area contributed by atoms with E-state index in [2.05, 4.69) is 15.1 Å². The van der Waals surface area contributed by atoms with Gasteiger partial charge in [-0.3, -0.25) is 14.9 Å². The standard InChI is InChI=1S/C18H12FN5O3S/c19-12-3-1-11(2-4-12)10-28-18-21-16-15(17(25)22-18)9-20-23(16)13-5-7-14(8-6-13)24(26)27/h1-9H,10H2,(H,21,22,25). The molecule has 4 aromatic rings. The third-order valence-electron chi connectivity index (χ3n) is 4.01. The fourth-order valence-corrected chi connectivity index (χ4v) is 3.42. The Balaban J connectivity index is 1.67. The van der Waals surface area contributed by atoms with Crippen molar-refractivity contribution >= 4 is 28.5 Å². The zero-order chi connectivity index (χ0) is 19.7. The van der Waals surface area contributed by atoms with Crippen LogP contribution < -0.4 is 5.56 Å². The van der Waals surface area contributed by atoms with Crippen LogP contribution >= 0.6 is 11.8 Å². The van der Waals surface area contributed by atoms with Crippen LogP contribution in [-0.2, 0) is 5.75 Å². The molecule has 0 unspecified atom stereocenters. The number of aromatic nitrogens is 4. The van der Waals surface area contributed by atoms with Gasteiger partial charge in [-0.25, -0.2) is 14.1 Å². The summed E-state index contributed by atoms with van der Waals surface area (Å²) in [5, 5.41) is 15.7. The second-order valence-electron chi connectivity index (χ2n) is 5.85. The summed E-state index contributed by atoms with van der Waals surface area (Å²) in [7, 11) is 0. The van der Waals surface area contributed by atoms with Crippen molar-refractivity contribution in [1.82, 2.24) is 19.7 Å². The number of aromatic amines is 1. The number of nitro groups is 1. The van der Waals surface area contributed by atoms with Crippen LogP contribution in [0.25, 0.3) is 16.7 Å². The Morgan fingerprint density at radius 3 is 2.54 bits per heavy atom. The second kappa shape index (κ2) is 7.24. The van der Waals surface area contributed by atoms with E-state index in [0.717, 1.165) is 5.56 Å². The molecule has 0 aliphatic carbocycles. The monoisotopic (exact) mass is 397 g/mol. The van der Waals surface area contributed by atoms with Gasteiger partial charge in [-0.2, -0.15) is 5.10 Å². The zero-order valence-corrected chi connectivity index (χ0v) is 15.0. The summed E-state index contributed by atoms with van der Waals surface area (Å²) in [5.41, 5.74) is 1.41. The molecule has 8 nitrogen and oxygen atoms in total. The van der Waals surface area contributed by atoms with Crippen molar-refractivity contribution in [3.05, 3.63) is 86.6 Å². The van der Waals surface area contributed by atoms with Crippen LogP contribution in [0.15, 0.2) is 64.7 Å². The molecule has 0 amide bonds. The molecule has 0 saturated heterocycles. The van der Waals surface area contributed by atoms with Crippen LogP contribution in [-0.4, -0.2) is 24.7 Å². The number of nitrogens with zero attached hydrogens (tertiary/aromatic N) is 4. The van der Waals surface area contributed by atoms with Gasteiger partial charge in [-0.1, -0.05) is 23.9 Å². The van der Waals surface area contributed by atoms with Crippen molar-refractivity contribution < 1.29 is 9.31 Å². The number of nitro benzene ring substituents is 1. The van der Waals surface area contributed by atoms with Crippen LogP contribution in [0.5, 0.6) is 0 Å². The summed E-state index contributed by atoms with van der Waals surface area (Å²) in [6, 6.07) is 11.9. The lowest BCUT2D eigenvalue weighted by atomic mass is 10.2. The Morgan fingerprint density at radius 1 is 1.14 bits per heavy atom. The number of fused-ring (bicyclic) bond motifs is 1. The molecule has 0 aliphatic rings. The van der Waals surface area contributed by atoms with Crippen LogP contribution in [0.1, 0.15) is 5.56 Å². The summed E-state index contributed by atoms with van der Waals surface area (Å²) < 4.78 is 14.5. The van der Waals surface area contributed by atoms with E-state index in [1.54, 1.807) is 24.3 Å². The number of benzene rings is 2. The average molecular weight is 397 g/mol. The van der Waals surface area contributed by atoms with E-state index >= 15 is 0 Å². The molecule has 0 bridgehead atoms. The molecule has 10 heteroatoms. The van der Waals surface area contributed by atoms with Gasteiger partial charge in [0.1, 0.15) is 11.2 Å². The first-order valence-electron chi connectivity index (χ1n) is 8.11. The first-order valence-corrected chi connectivity index (χ1v) is 9.10. The van der Waals surface area contributed by atoms with E-state index in [1.165, 1.54) is 46.9 Å². The molecule has 0 fully saturated rings. The maximum absolute atomic E-state index is 13.0. The van der Waals surface area contributed by atoms with Gasteiger partial charge in [0.25, 0.3) is 11.2 Å². The Bertz CT molecular complexity index is 1220. The largest absolute Gasteiger partial charge is 0.301 e. The van der Waals surface area contributed by atoms with Crippen molar-refractivity contribution in [2.45, 2.75) is 10.9 Å². The SMILES string of the molecule is O=c1[nH]c(SCc2ccc(F)cc2)nc2c1cnn2-c1ccc([N+](=O)[O-])cc1. The smallest absolute Gasteiger partial charge is 0.269 e. The van der Waals surface area contributed by atoms with E-state index in [4.69, 9.17) is 0 Å². The number of non-ortho nitro benzene ring substituents is 1. The summed E-state index contributed by atoms with van der Waals surface area (Å²) in [6.07, 6.45) is 1.40. The number of halogens is 1. The van der Waals surface area contributed by atoms with Crippen molar-refractivity contribution in [3.8, 4) is 5.69 Å². The molecule has 0 spiro atoms. The van der Waals surface area contributed by atoms with E-state index < -0.39 is 4.92 Å². The number of nitrogens with one attached hydrogen (secondary N) is 1. The Hall–Kier alpha value is -3.53. The molecular weight excluding hydrogens is 385 g/mol. The summed E-state index contributed by atoms with van der Waals surface area (Å²) in [5.74, 6) is 0.189. The fraction of sp³-hybridized carbons (Fsp3) is 0.0556. The van der Waals surface area contributed by atoms with E-state index in [0.29, 0.717) is 27.6 Å². The first-order chi connectivity index (χ1) is 13.5. The molecule has 0 atom stereocenters. The van der Waals surface area contributed by atoms with Crippen molar-refractivity contribution in [3.63, 3.8) is 0 Å². The Morgan fingerprint density at radius 2 is 1.86 bits per heavy atom. The van der Waals surface area contributed by atoms with E-state index in [1.807, 2.05) is 0 Å². The van der Waals surface area contributed by atoms with Gasteiger partial charge in [0.2, 0.25) is 0 Å². The van der Waals surface area contributed by atoms with Crippen molar-refractivity contribution in [2.24, 2.45) is 0 Å². The van der Waals surface area contributed by atoms with Crippen LogP contribution in [0.4, 0.5) is 10.1 Å². The summed E-state index contributed by atoms with van der Waals surface area (Å²) in [4.78, 5) is 29.8. The van der Waals surface area contributed by atoms with E-state index in [-0.39, 0.29) is 17.1 Å². The van der Waals surface area contributed by atoms with Crippen LogP contribution in [0.3, 0.4) is 0 Å². The number of H-pyrrole nitrogens is 1. The average Bonchev–Trinajstić information content (AvgIpc) is 3.12. The predicted octanol–water partition coefficient (Wildman–Crippen LogP) is 3.45. The van der Waals surface area contributed by atoms with Gasteiger partial charge in [-0.15, -0.1) is 0 Å². The highest BCUT2D eigenvalue weighted by molar-refractivity contribution is 7.98. The molecule has 4 rings (SSSR count). The Kier molecular flexibility index (Phi) is 4.62. The normalized spacial score (nSPS) is 11.0. The van der Waals surface area contributed by atoms with Gasteiger partial charge >= 0.3 is 0 Å². The van der Waals surface area contributed by atoms with Crippen molar-refractivity contribution in [2.75, 3.05) is 0 Å².